The number of hydrogen-bond acceptors (Lipinski definition) is 4. The van der Waals surface area contributed by atoms with Crippen LogP contribution in [0, 0.1) is 5.82 Å². The van der Waals surface area contributed by atoms with E-state index in [2.05, 4.69) is 22.2 Å². The van der Waals surface area contributed by atoms with Gasteiger partial charge in [-0.15, -0.1) is 0 Å². The van der Waals surface area contributed by atoms with E-state index in [1.54, 1.807) is 11.8 Å². The topological polar surface area (TPSA) is 37.8 Å². The molecule has 3 nitrogen and oxygen atoms in total. The molecular formula is C10H16FN3S. The van der Waals surface area contributed by atoms with Crippen LogP contribution in [0.1, 0.15) is 19.5 Å². The van der Waals surface area contributed by atoms with Crippen LogP contribution in [0.5, 0.6) is 0 Å². The molecule has 1 aromatic rings. The Bertz CT molecular complexity index is 320. The maximum absolute atomic E-state index is 13.6. The van der Waals surface area contributed by atoms with Gasteiger partial charge in [0.25, 0.3) is 0 Å². The Hall–Kier alpha value is -0.840. The van der Waals surface area contributed by atoms with E-state index in [-0.39, 0.29) is 5.82 Å². The Morgan fingerprint density at radius 2 is 2.27 bits per heavy atom. The van der Waals surface area contributed by atoms with Gasteiger partial charge in [-0.25, -0.2) is 14.4 Å². The number of anilines is 1. The van der Waals surface area contributed by atoms with Crippen LogP contribution in [0.15, 0.2) is 6.33 Å². The predicted octanol–water partition coefficient (Wildman–Crippen LogP) is 2.34. The second kappa shape index (κ2) is 5.90. The summed E-state index contributed by atoms with van der Waals surface area (Å²) in [5.74, 6) is -0.0175. The number of aryl methyl sites for hydroxylation is 1. The average molecular weight is 229 g/mol. The molecule has 0 aliphatic heterocycles. The van der Waals surface area contributed by atoms with Crippen LogP contribution < -0.4 is 5.32 Å². The molecule has 15 heavy (non-hydrogen) atoms. The molecule has 0 aliphatic rings. The second-order valence-corrected chi connectivity index (χ2v) is 4.54. The third kappa shape index (κ3) is 3.34. The maximum atomic E-state index is 13.6. The first-order valence-corrected chi connectivity index (χ1v) is 6.23. The van der Waals surface area contributed by atoms with Gasteiger partial charge in [-0.3, -0.25) is 0 Å². The molecule has 1 unspecified atom stereocenters. The van der Waals surface area contributed by atoms with E-state index in [0.29, 0.717) is 29.7 Å². The molecule has 1 N–H and O–H groups in total. The molecule has 0 bridgehead atoms. The summed E-state index contributed by atoms with van der Waals surface area (Å²) in [6, 6.07) is 0. The average Bonchev–Trinajstić information content (AvgIpc) is 2.27. The summed E-state index contributed by atoms with van der Waals surface area (Å²) in [5.41, 5.74) is 0.462. The summed E-state index contributed by atoms with van der Waals surface area (Å²) >= 11 is 1.73. The van der Waals surface area contributed by atoms with Crippen LogP contribution in [0.4, 0.5) is 10.2 Å². The molecule has 0 spiro atoms. The van der Waals surface area contributed by atoms with E-state index in [4.69, 9.17) is 0 Å². The van der Waals surface area contributed by atoms with Crippen molar-refractivity contribution >= 4 is 17.6 Å². The van der Waals surface area contributed by atoms with Gasteiger partial charge in [-0.2, -0.15) is 11.8 Å². The van der Waals surface area contributed by atoms with Gasteiger partial charge >= 0.3 is 0 Å². The number of hydrogen-bond donors (Lipinski definition) is 1. The van der Waals surface area contributed by atoms with E-state index in [1.165, 1.54) is 6.33 Å². The summed E-state index contributed by atoms with van der Waals surface area (Å²) < 4.78 is 13.6. The van der Waals surface area contributed by atoms with Crippen LogP contribution in [0.25, 0.3) is 0 Å². The molecule has 5 heteroatoms. The van der Waals surface area contributed by atoms with E-state index >= 15 is 0 Å². The van der Waals surface area contributed by atoms with E-state index in [1.807, 2.05) is 13.2 Å². The van der Waals surface area contributed by atoms with E-state index < -0.39 is 0 Å². The van der Waals surface area contributed by atoms with Gasteiger partial charge in [-0.1, -0.05) is 13.8 Å². The lowest BCUT2D eigenvalue weighted by Gasteiger charge is -2.11. The number of halogens is 1. The third-order valence-corrected chi connectivity index (χ3v) is 3.13. The van der Waals surface area contributed by atoms with Crippen LogP contribution in [0.3, 0.4) is 0 Å². The second-order valence-electron chi connectivity index (χ2n) is 3.26. The number of thioether (sulfide) groups is 1. The Kier molecular flexibility index (Phi) is 4.81. The minimum absolute atomic E-state index is 0.308. The Morgan fingerprint density at radius 1 is 1.53 bits per heavy atom. The molecule has 0 saturated heterocycles. The normalized spacial score (nSPS) is 12.5. The molecule has 1 aromatic heterocycles. The summed E-state index contributed by atoms with van der Waals surface area (Å²) in [7, 11) is 0. The molecule has 84 valence electrons. The predicted molar refractivity (Wildman–Crippen MR) is 62.8 cm³/mol. The molecule has 1 rings (SSSR count). The lowest BCUT2D eigenvalue weighted by Crippen LogP contribution is -2.15. The molecular weight excluding hydrogens is 213 g/mol. The quantitative estimate of drug-likeness (QED) is 0.841. The van der Waals surface area contributed by atoms with Crippen molar-refractivity contribution in [2.75, 3.05) is 18.1 Å². The standard InChI is InChI=1S/C10H16FN3S/c1-4-8-9(11)10(14-6-13-8)12-5-7(2)15-3/h6-7H,4-5H2,1-3H3,(H,12,13,14). The fraction of sp³-hybridized carbons (Fsp3) is 0.600. The lowest BCUT2D eigenvalue weighted by atomic mass is 10.3. The smallest absolute Gasteiger partial charge is 0.186 e. The largest absolute Gasteiger partial charge is 0.366 e. The number of aromatic nitrogens is 2. The van der Waals surface area contributed by atoms with Gasteiger partial charge in [0.1, 0.15) is 6.33 Å². The third-order valence-electron chi connectivity index (χ3n) is 2.16. The van der Waals surface area contributed by atoms with Crippen LogP contribution in [0.2, 0.25) is 0 Å². The monoisotopic (exact) mass is 229 g/mol. The number of rotatable bonds is 5. The first-order chi connectivity index (χ1) is 7.19. The van der Waals surface area contributed by atoms with Crippen molar-refractivity contribution in [1.82, 2.24) is 9.97 Å². The highest BCUT2D eigenvalue weighted by Crippen LogP contribution is 2.14. The van der Waals surface area contributed by atoms with Crippen molar-refractivity contribution in [2.24, 2.45) is 0 Å². The minimum Gasteiger partial charge on any atom is -0.366 e. The molecule has 0 saturated carbocycles. The zero-order valence-corrected chi connectivity index (χ0v) is 10.1. The van der Waals surface area contributed by atoms with Gasteiger partial charge in [0.2, 0.25) is 0 Å². The molecule has 1 heterocycles. The van der Waals surface area contributed by atoms with E-state index in [0.717, 1.165) is 0 Å². The van der Waals surface area contributed by atoms with Crippen LogP contribution in [-0.4, -0.2) is 28.0 Å². The Labute approximate surface area is 93.9 Å². The van der Waals surface area contributed by atoms with Gasteiger partial charge in [-0.05, 0) is 12.7 Å². The summed E-state index contributed by atoms with van der Waals surface area (Å²) in [6.45, 7) is 4.66. The lowest BCUT2D eigenvalue weighted by molar-refractivity contribution is 0.596. The zero-order chi connectivity index (χ0) is 11.3. The van der Waals surface area contributed by atoms with Gasteiger partial charge in [0.05, 0.1) is 5.69 Å². The summed E-state index contributed by atoms with van der Waals surface area (Å²) in [4.78, 5) is 7.76. The SMILES string of the molecule is CCc1ncnc(NCC(C)SC)c1F. The highest BCUT2D eigenvalue weighted by atomic mass is 32.2. The Balaban J connectivity index is 2.68. The van der Waals surface area contributed by atoms with Gasteiger partial charge in [0.15, 0.2) is 11.6 Å². The molecule has 0 amide bonds. The van der Waals surface area contributed by atoms with Crippen molar-refractivity contribution in [3.05, 3.63) is 17.8 Å². The summed E-state index contributed by atoms with van der Waals surface area (Å²) in [6.07, 6.45) is 4.01. The molecule has 0 aliphatic carbocycles. The van der Waals surface area contributed by atoms with Crippen LogP contribution in [-0.2, 0) is 6.42 Å². The van der Waals surface area contributed by atoms with Crippen molar-refractivity contribution in [3.63, 3.8) is 0 Å². The fourth-order valence-electron chi connectivity index (χ4n) is 1.10. The molecule has 0 radical (unpaired) electrons. The maximum Gasteiger partial charge on any atom is 0.186 e. The first kappa shape index (κ1) is 12.2. The molecule has 1 atom stereocenters. The fourth-order valence-corrected chi connectivity index (χ4v) is 1.35. The van der Waals surface area contributed by atoms with Crippen molar-refractivity contribution in [1.29, 1.82) is 0 Å². The number of nitrogens with zero attached hydrogens (tertiary/aromatic N) is 2. The van der Waals surface area contributed by atoms with Crippen molar-refractivity contribution in [3.8, 4) is 0 Å². The minimum atomic E-state index is -0.326. The highest BCUT2D eigenvalue weighted by molar-refractivity contribution is 7.99. The van der Waals surface area contributed by atoms with Crippen molar-refractivity contribution < 1.29 is 4.39 Å². The van der Waals surface area contributed by atoms with E-state index in [9.17, 15) is 4.39 Å². The van der Waals surface area contributed by atoms with Crippen LogP contribution >= 0.6 is 11.8 Å². The van der Waals surface area contributed by atoms with Crippen molar-refractivity contribution in [2.45, 2.75) is 25.5 Å². The van der Waals surface area contributed by atoms with Gasteiger partial charge < -0.3 is 5.32 Å². The Morgan fingerprint density at radius 3 is 2.87 bits per heavy atom. The highest BCUT2D eigenvalue weighted by Gasteiger charge is 2.09. The number of nitrogens with one attached hydrogen (secondary N) is 1. The zero-order valence-electron chi connectivity index (χ0n) is 9.25. The molecule has 0 aromatic carbocycles. The molecule has 0 fully saturated rings. The first-order valence-electron chi connectivity index (χ1n) is 4.95. The summed E-state index contributed by atoms with van der Waals surface area (Å²) in [5, 5.41) is 3.43. The van der Waals surface area contributed by atoms with Gasteiger partial charge in [0, 0.05) is 11.8 Å².